The number of likely N-dealkylation sites (tertiary alicyclic amines) is 2. The lowest BCUT2D eigenvalue weighted by Crippen LogP contribution is -2.43. The maximum atomic E-state index is 16.5. The molecule has 4 heteroatoms. The number of halogens is 1. The second-order valence-electron chi connectivity index (χ2n) is 13.2. The fourth-order valence-corrected chi connectivity index (χ4v) is 6.89. The van der Waals surface area contributed by atoms with E-state index in [2.05, 4.69) is 94.1 Å². The molecule has 3 nitrogen and oxygen atoms in total. The Morgan fingerprint density at radius 1 is 1.05 bits per heavy atom. The maximum absolute atomic E-state index is 16.5. The standard InChI is InChI=1S/C36H54FN3/c1-9-11-30(22-27(8)26(7)10-2)36-33(24(3)4)34-32(38-36)13-12-31(35(34)37)29-16-18-39(19-17-29)23-28-14-20-40(21-15-28)25(5)6/h9,11-13,22,24-26,28-29,38H,1,10,14-21,23H2,2-8H3/b27-22-,30-11+. The molecule has 3 heterocycles. The molecule has 2 fully saturated rings. The average Bonchev–Trinajstić information content (AvgIpc) is 3.34. The fourth-order valence-electron chi connectivity index (χ4n) is 6.89. The van der Waals surface area contributed by atoms with Gasteiger partial charge in [-0.3, -0.25) is 0 Å². The van der Waals surface area contributed by atoms with Crippen LogP contribution in [0, 0.1) is 17.7 Å². The van der Waals surface area contributed by atoms with E-state index in [9.17, 15) is 0 Å². The summed E-state index contributed by atoms with van der Waals surface area (Å²) < 4.78 is 16.5. The van der Waals surface area contributed by atoms with E-state index in [0.717, 1.165) is 71.6 Å². The van der Waals surface area contributed by atoms with Crippen LogP contribution in [-0.2, 0) is 0 Å². The van der Waals surface area contributed by atoms with Crippen LogP contribution in [0.3, 0.4) is 0 Å². The Balaban J connectivity index is 1.54. The highest BCUT2D eigenvalue weighted by Crippen LogP contribution is 2.40. The lowest BCUT2D eigenvalue weighted by atomic mass is 9.86. The van der Waals surface area contributed by atoms with Gasteiger partial charge >= 0.3 is 0 Å². The smallest absolute Gasteiger partial charge is 0.136 e. The molecule has 220 valence electrons. The second kappa shape index (κ2) is 13.7. The van der Waals surface area contributed by atoms with E-state index >= 15 is 4.39 Å². The van der Waals surface area contributed by atoms with Crippen LogP contribution in [0.4, 0.5) is 4.39 Å². The van der Waals surface area contributed by atoms with Crippen molar-refractivity contribution < 1.29 is 4.39 Å². The predicted molar refractivity (Wildman–Crippen MR) is 172 cm³/mol. The Hall–Kier alpha value is -2.17. The maximum Gasteiger partial charge on any atom is 0.136 e. The lowest BCUT2D eigenvalue weighted by Gasteiger charge is -2.39. The van der Waals surface area contributed by atoms with Gasteiger partial charge in [-0.1, -0.05) is 64.1 Å². The SMILES string of the molecule is C=C/C=C(\C=C(\C)C(C)CC)c1[nH]c2ccc(C3CCN(CC4CCN(C(C)C)CC4)CC3)c(F)c2c1C(C)C. The Bertz CT molecular complexity index is 1200. The van der Waals surface area contributed by atoms with E-state index in [1.54, 1.807) is 0 Å². The summed E-state index contributed by atoms with van der Waals surface area (Å²) in [5.74, 6) is 1.79. The first-order valence-corrected chi connectivity index (χ1v) is 16.0. The minimum Gasteiger partial charge on any atom is -0.354 e. The van der Waals surface area contributed by atoms with E-state index in [4.69, 9.17) is 0 Å². The van der Waals surface area contributed by atoms with E-state index in [0.29, 0.717) is 12.0 Å². The Morgan fingerprint density at radius 3 is 2.30 bits per heavy atom. The zero-order valence-corrected chi connectivity index (χ0v) is 26.3. The predicted octanol–water partition coefficient (Wildman–Crippen LogP) is 9.29. The quantitative estimate of drug-likeness (QED) is 0.299. The fraction of sp³-hybridized carbons (Fsp3) is 0.611. The summed E-state index contributed by atoms with van der Waals surface area (Å²) in [6.45, 7) is 25.5. The molecule has 4 rings (SSSR count). The molecule has 2 aliphatic heterocycles. The molecule has 0 radical (unpaired) electrons. The van der Waals surface area contributed by atoms with Gasteiger partial charge in [0.1, 0.15) is 5.82 Å². The van der Waals surface area contributed by atoms with Crippen LogP contribution >= 0.6 is 0 Å². The summed E-state index contributed by atoms with van der Waals surface area (Å²) in [6, 6.07) is 4.84. The van der Waals surface area contributed by atoms with E-state index < -0.39 is 0 Å². The van der Waals surface area contributed by atoms with Crippen molar-refractivity contribution in [3.8, 4) is 0 Å². The second-order valence-corrected chi connectivity index (χ2v) is 13.2. The van der Waals surface area contributed by atoms with E-state index in [1.807, 2.05) is 6.08 Å². The number of aromatic nitrogens is 1. The van der Waals surface area contributed by atoms with Gasteiger partial charge in [-0.15, -0.1) is 0 Å². The third-order valence-corrected chi connectivity index (χ3v) is 9.83. The zero-order valence-electron chi connectivity index (χ0n) is 26.3. The molecule has 40 heavy (non-hydrogen) atoms. The summed E-state index contributed by atoms with van der Waals surface area (Å²) in [7, 11) is 0. The van der Waals surface area contributed by atoms with Crippen LogP contribution in [0.1, 0.15) is 109 Å². The summed E-state index contributed by atoms with van der Waals surface area (Å²) in [5.41, 5.74) is 6.34. The molecule has 1 unspecified atom stereocenters. The monoisotopic (exact) mass is 547 g/mol. The highest BCUT2D eigenvalue weighted by Gasteiger charge is 2.29. The molecular weight excluding hydrogens is 493 g/mol. The first-order chi connectivity index (χ1) is 19.1. The van der Waals surface area contributed by atoms with Gasteiger partial charge < -0.3 is 14.8 Å². The first kappa shape index (κ1) is 30.8. The Labute approximate surface area is 243 Å². The number of allylic oxidation sites excluding steroid dienone is 5. The number of aromatic amines is 1. The third-order valence-electron chi connectivity index (χ3n) is 9.83. The van der Waals surface area contributed by atoms with Crippen LogP contribution in [0.5, 0.6) is 0 Å². The number of fused-ring (bicyclic) bond motifs is 1. The molecule has 0 bridgehead atoms. The van der Waals surface area contributed by atoms with Gasteiger partial charge in [0.05, 0.1) is 5.69 Å². The zero-order chi connectivity index (χ0) is 29.0. The number of hydrogen-bond donors (Lipinski definition) is 1. The average molecular weight is 548 g/mol. The molecule has 1 N–H and O–H groups in total. The number of nitrogens with zero attached hydrogens (tertiary/aromatic N) is 2. The Morgan fingerprint density at radius 2 is 1.73 bits per heavy atom. The molecule has 0 saturated carbocycles. The summed E-state index contributed by atoms with van der Waals surface area (Å²) in [5, 5.41) is 0.784. The summed E-state index contributed by atoms with van der Waals surface area (Å²) >= 11 is 0. The van der Waals surface area contributed by atoms with Gasteiger partial charge in [0.2, 0.25) is 0 Å². The number of hydrogen-bond acceptors (Lipinski definition) is 2. The van der Waals surface area contributed by atoms with Crippen molar-refractivity contribution in [1.29, 1.82) is 0 Å². The number of H-pyrrole nitrogens is 1. The van der Waals surface area contributed by atoms with Gasteiger partial charge in [-0.25, -0.2) is 4.39 Å². The largest absolute Gasteiger partial charge is 0.354 e. The highest BCUT2D eigenvalue weighted by molar-refractivity contribution is 5.93. The first-order valence-electron chi connectivity index (χ1n) is 16.0. The minimum absolute atomic E-state index is 0.0104. The van der Waals surface area contributed by atoms with Crippen molar-refractivity contribution in [2.75, 3.05) is 32.7 Å². The van der Waals surface area contributed by atoms with E-state index in [1.165, 1.54) is 38.0 Å². The molecule has 1 aromatic heterocycles. The summed E-state index contributed by atoms with van der Waals surface area (Å²) in [6.07, 6.45) is 12.0. The van der Waals surface area contributed by atoms with Crippen molar-refractivity contribution in [3.63, 3.8) is 0 Å². The summed E-state index contributed by atoms with van der Waals surface area (Å²) in [4.78, 5) is 8.87. The van der Waals surface area contributed by atoms with Crippen LogP contribution in [0.2, 0.25) is 0 Å². The van der Waals surface area contributed by atoms with Crippen molar-refractivity contribution in [2.24, 2.45) is 11.8 Å². The molecular formula is C36H54FN3. The normalized spacial score (nSPS) is 20.2. The molecule has 1 aromatic carbocycles. The van der Waals surface area contributed by atoms with Crippen LogP contribution < -0.4 is 0 Å². The molecule has 0 amide bonds. The molecule has 0 aliphatic carbocycles. The number of nitrogens with one attached hydrogen (secondary N) is 1. The third kappa shape index (κ3) is 6.82. The van der Waals surface area contributed by atoms with Crippen molar-refractivity contribution in [3.05, 3.63) is 65.2 Å². The highest BCUT2D eigenvalue weighted by atomic mass is 19.1. The van der Waals surface area contributed by atoms with Crippen LogP contribution in [0.25, 0.3) is 16.5 Å². The van der Waals surface area contributed by atoms with Gasteiger partial charge in [-0.2, -0.15) is 0 Å². The topological polar surface area (TPSA) is 22.3 Å². The molecule has 0 spiro atoms. The number of rotatable bonds is 10. The van der Waals surface area contributed by atoms with E-state index in [-0.39, 0.29) is 17.7 Å². The van der Waals surface area contributed by atoms with Crippen molar-refractivity contribution in [1.82, 2.24) is 14.8 Å². The molecule has 1 atom stereocenters. The lowest BCUT2D eigenvalue weighted by molar-refractivity contribution is 0.110. The molecule has 2 saturated heterocycles. The van der Waals surface area contributed by atoms with Crippen molar-refractivity contribution in [2.45, 2.75) is 98.4 Å². The van der Waals surface area contributed by atoms with Gasteiger partial charge in [0, 0.05) is 23.5 Å². The van der Waals surface area contributed by atoms with Crippen LogP contribution in [0.15, 0.2) is 42.5 Å². The molecule has 2 aromatic rings. The Kier molecular flexibility index (Phi) is 10.5. The van der Waals surface area contributed by atoms with Gasteiger partial charge in [0.15, 0.2) is 0 Å². The van der Waals surface area contributed by atoms with Crippen LogP contribution in [-0.4, -0.2) is 53.5 Å². The van der Waals surface area contributed by atoms with Gasteiger partial charge in [-0.05, 0) is 125 Å². The number of piperidine rings is 2. The number of benzene rings is 1. The van der Waals surface area contributed by atoms with Gasteiger partial charge in [0.25, 0.3) is 0 Å². The molecule has 2 aliphatic rings. The minimum atomic E-state index is -0.0104. The van der Waals surface area contributed by atoms with Crippen molar-refractivity contribution >= 4 is 16.5 Å².